The topological polar surface area (TPSA) is 104 Å². The maximum Gasteiger partial charge on any atom is 0.353 e. The van der Waals surface area contributed by atoms with Gasteiger partial charge in [-0.3, -0.25) is 9.59 Å². The van der Waals surface area contributed by atoms with Crippen LogP contribution in [0.1, 0.15) is 20.8 Å². The van der Waals surface area contributed by atoms with Crippen LogP contribution in [0.4, 0.5) is 0 Å². The van der Waals surface area contributed by atoms with Gasteiger partial charge in [0.1, 0.15) is 5.70 Å². The molecule has 0 aromatic heterocycles. The first-order valence-electron chi connectivity index (χ1n) is 7.08. The summed E-state index contributed by atoms with van der Waals surface area (Å²) >= 11 is 1.09. The molecule has 2 heterocycles. The lowest BCUT2D eigenvalue weighted by molar-refractivity contribution is -0.163. The van der Waals surface area contributed by atoms with Crippen molar-refractivity contribution < 1.29 is 29.3 Å². The molecule has 2 rings (SSSR count). The summed E-state index contributed by atoms with van der Waals surface area (Å²) in [6.07, 6.45) is -0.833. The lowest BCUT2D eigenvalue weighted by Crippen LogP contribution is -2.63. The fraction of sp³-hybridized carbons (Fsp3) is 0.643. The number of amides is 1. The molecule has 22 heavy (non-hydrogen) atoms. The van der Waals surface area contributed by atoms with Crippen LogP contribution in [0.15, 0.2) is 10.6 Å². The number of carboxylic acid groups (broad SMARTS) is 1. The zero-order valence-electron chi connectivity index (χ0n) is 12.6. The minimum Gasteiger partial charge on any atom is -0.477 e. The van der Waals surface area contributed by atoms with Gasteiger partial charge in [0.05, 0.1) is 30.4 Å². The zero-order chi connectivity index (χ0) is 16.6. The number of esters is 1. The van der Waals surface area contributed by atoms with E-state index in [1.165, 1.54) is 11.8 Å². The van der Waals surface area contributed by atoms with E-state index in [1.807, 2.05) is 6.92 Å². The number of β-lactam (4-membered cyclic amide) rings is 1. The highest BCUT2D eigenvalue weighted by molar-refractivity contribution is 8.03. The van der Waals surface area contributed by atoms with Crippen LogP contribution in [0.5, 0.6) is 0 Å². The van der Waals surface area contributed by atoms with Crippen molar-refractivity contribution in [1.29, 1.82) is 0 Å². The van der Waals surface area contributed by atoms with E-state index in [0.29, 0.717) is 4.91 Å². The number of fused-ring (bicyclic) bond motifs is 1. The zero-order valence-corrected chi connectivity index (χ0v) is 13.4. The number of aliphatic hydroxyl groups is 1. The van der Waals surface area contributed by atoms with Gasteiger partial charge in [0.2, 0.25) is 5.91 Å². The molecule has 0 saturated carbocycles. The molecule has 122 valence electrons. The Bertz CT molecular complexity index is 543. The van der Waals surface area contributed by atoms with Crippen molar-refractivity contribution >= 4 is 29.6 Å². The van der Waals surface area contributed by atoms with Crippen LogP contribution in [0.25, 0.3) is 0 Å². The molecule has 1 amide bonds. The van der Waals surface area contributed by atoms with Crippen LogP contribution in [-0.2, 0) is 19.1 Å². The Morgan fingerprint density at radius 2 is 2.09 bits per heavy atom. The van der Waals surface area contributed by atoms with Crippen molar-refractivity contribution in [3.63, 3.8) is 0 Å². The van der Waals surface area contributed by atoms with Crippen LogP contribution in [-0.4, -0.2) is 57.5 Å². The van der Waals surface area contributed by atoms with E-state index in [4.69, 9.17) is 4.74 Å². The van der Waals surface area contributed by atoms with E-state index >= 15 is 0 Å². The van der Waals surface area contributed by atoms with E-state index in [9.17, 15) is 24.6 Å². The number of hydrogen-bond acceptors (Lipinski definition) is 6. The number of hydrogen-bond donors (Lipinski definition) is 2. The molecule has 1 fully saturated rings. The number of aliphatic carboxylic acids is 1. The molecule has 8 heteroatoms. The Morgan fingerprint density at radius 1 is 1.45 bits per heavy atom. The molecule has 0 bridgehead atoms. The maximum absolute atomic E-state index is 12.1. The van der Waals surface area contributed by atoms with Gasteiger partial charge in [-0.15, -0.1) is 11.8 Å². The molecule has 0 spiro atoms. The number of nitrogens with zero attached hydrogens (tertiary/aromatic N) is 1. The molecular weight excluding hydrogens is 310 g/mol. The van der Waals surface area contributed by atoms with Gasteiger partial charge >= 0.3 is 11.9 Å². The van der Waals surface area contributed by atoms with E-state index in [2.05, 4.69) is 0 Å². The SMILES string of the molecule is CCOC(=O)CSC1=C(C(=O)O)N2C(=O)[C@H]([C@@H](C)O)[C@H]2[C@H]1C. The summed E-state index contributed by atoms with van der Waals surface area (Å²) in [5.74, 6) is -2.83. The minimum atomic E-state index is -1.20. The molecule has 4 atom stereocenters. The van der Waals surface area contributed by atoms with Gasteiger partial charge in [0, 0.05) is 10.8 Å². The fourth-order valence-corrected chi connectivity index (χ4v) is 4.14. The molecule has 0 radical (unpaired) electrons. The fourth-order valence-electron chi connectivity index (χ4n) is 3.05. The second-order valence-electron chi connectivity index (χ2n) is 5.37. The molecule has 2 N–H and O–H groups in total. The van der Waals surface area contributed by atoms with Crippen molar-refractivity contribution in [2.45, 2.75) is 32.9 Å². The average molecular weight is 329 g/mol. The Morgan fingerprint density at radius 3 is 2.59 bits per heavy atom. The molecule has 0 aromatic rings. The van der Waals surface area contributed by atoms with E-state index in [0.717, 1.165) is 11.8 Å². The first-order valence-corrected chi connectivity index (χ1v) is 8.06. The van der Waals surface area contributed by atoms with Gasteiger partial charge in [0.25, 0.3) is 0 Å². The van der Waals surface area contributed by atoms with Gasteiger partial charge in [0.15, 0.2) is 0 Å². The highest BCUT2D eigenvalue weighted by atomic mass is 32.2. The highest BCUT2D eigenvalue weighted by Gasteiger charge is 2.59. The predicted molar refractivity (Wildman–Crippen MR) is 78.7 cm³/mol. The predicted octanol–water partition coefficient (Wildman–Crippen LogP) is 0.436. The first kappa shape index (κ1) is 16.8. The van der Waals surface area contributed by atoms with Crippen LogP contribution >= 0.6 is 11.8 Å². The maximum atomic E-state index is 12.1. The molecular formula is C14H19NO6S. The van der Waals surface area contributed by atoms with Gasteiger partial charge < -0.3 is 19.8 Å². The Balaban J connectivity index is 2.22. The highest BCUT2D eigenvalue weighted by Crippen LogP contribution is 2.50. The summed E-state index contributed by atoms with van der Waals surface area (Å²) in [4.78, 5) is 36.8. The molecule has 0 aliphatic carbocycles. The Kier molecular flexibility index (Phi) is 4.81. The number of aliphatic hydroxyl groups excluding tert-OH is 1. The summed E-state index contributed by atoms with van der Waals surface area (Å²) in [6.45, 7) is 5.29. The smallest absolute Gasteiger partial charge is 0.353 e. The quantitative estimate of drug-likeness (QED) is 0.538. The number of carbonyl (C=O) groups is 3. The number of ether oxygens (including phenoxy) is 1. The number of rotatable bonds is 6. The standard InChI is InChI=1S/C14H19NO6S/c1-4-21-8(17)5-22-12-6(2)10-9(7(3)16)13(18)15(10)11(12)14(19)20/h6-7,9-10,16H,4-5H2,1-3H3,(H,19,20)/t6-,7-,9-,10-/m1/s1. The third kappa shape index (κ3) is 2.61. The number of thioether (sulfide) groups is 1. The van der Waals surface area contributed by atoms with Crippen LogP contribution in [0.2, 0.25) is 0 Å². The van der Waals surface area contributed by atoms with E-state index in [-0.39, 0.29) is 35.9 Å². The first-order chi connectivity index (χ1) is 10.3. The Hall–Kier alpha value is -1.54. The lowest BCUT2D eigenvalue weighted by atomic mass is 9.79. The summed E-state index contributed by atoms with van der Waals surface area (Å²) < 4.78 is 4.83. The second kappa shape index (κ2) is 6.29. The molecule has 1 saturated heterocycles. The van der Waals surface area contributed by atoms with Gasteiger partial charge in [-0.1, -0.05) is 6.92 Å². The van der Waals surface area contributed by atoms with Crippen LogP contribution in [0.3, 0.4) is 0 Å². The minimum absolute atomic E-state index is 0.00160. The molecule has 0 aromatic carbocycles. The third-order valence-corrected chi connectivity index (χ3v) is 5.22. The third-order valence-electron chi connectivity index (χ3n) is 3.96. The van der Waals surface area contributed by atoms with E-state index < -0.39 is 24.0 Å². The summed E-state index contributed by atoms with van der Waals surface area (Å²) in [7, 11) is 0. The van der Waals surface area contributed by atoms with Crippen molar-refractivity contribution in [3.05, 3.63) is 10.6 Å². The van der Waals surface area contributed by atoms with Crippen molar-refractivity contribution in [3.8, 4) is 0 Å². The van der Waals surface area contributed by atoms with Gasteiger partial charge in [-0.2, -0.15) is 0 Å². The Labute approximate surface area is 132 Å². The van der Waals surface area contributed by atoms with E-state index in [1.54, 1.807) is 6.92 Å². The molecule has 2 aliphatic heterocycles. The normalized spacial score (nSPS) is 28.3. The lowest BCUT2D eigenvalue weighted by Gasteiger charge is -2.46. The average Bonchev–Trinajstić information content (AvgIpc) is 2.66. The second-order valence-corrected chi connectivity index (χ2v) is 6.38. The number of carbonyl (C=O) groups excluding carboxylic acids is 2. The van der Waals surface area contributed by atoms with Crippen molar-refractivity contribution in [2.75, 3.05) is 12.4 Å². The summed E-state index contributed by atoms with van der Waals surface area (Å²) in [6, 6.07) is -0.358. The van der Waals surface area contributed by atoms with Crippen LogP contribution < -0.4 is 0 Å². The molecule has 7 nitrogen and oxygen atoms in total. The number of carboxylic acids is 1. The summed E-state index contributed by atoms with van der Waals surface area (Å²) in [5.41, 5.74) is -0.0753. The molecule has 2 aliphatic rings. The van der Waals surface area contributed by atoms with Crippen molar-refractivity contribution in [1.82, 2.24) is 4.90 Å². The largest absolute Gasteiger partial charge is 0.477 e. The van der Waals surface area contributed by atoms with Gasteiger partial charge in [-0.05, 0) is 13.8 Å². The molecule has 0 unspecified atom stereocenters. The summed E-state index contributed by atoms with van der Waals surface area (Å²) in [5, 5.41) is 19.1. The van der Waals surface area contributed by atoms with Gasteiger partial charge in [-0.25, -0.2) is 4.79 Å². The monoisotopic (exact) mass is 329 g/mol. The van der Waals surface area contributed by atoms with Crippen molar-refractivity contribution in [2.24, 2.45) is 11.8 Å². The van der Waals surface area contributed by atoms with Crippen LogP contribution in [0, 0.1) is 11.8 Å².